The number of halogens is 1. The summed E-state index contributed by atoms with van der Waals surface area (Å²) < 4.78 is 0.982. The lowest BCUT2D eigenvalue weighted by molar-refractivity contribution is 0.0891. The standard InChI is InChI=1S/C16H23BrN2O/c1-12-4-5-13(10-14(12)17)15(20)18-11-16(2)6-8-19(3)9-7-16/h4-5,10H,6-9,11H2,1-3H3,(H,18,20). The molecule has 1 aromatic carbocycles. The van der Waals surface area contributed by atoms with Crippen LogP contribution in [0.3, 0.4) is 0 Å². The van der Waals surface area contributed by atoms with E-state index in [9.17, 15) is 4.79 Å². The maximum atomic E-state index is 12.2. The van der Waals surface area contributed by atoms with Crippen LogP contribution in [-0.4, -0.2) is 37.5 Å². The van der Waals surface area contributed by atoms with Crippen molar-refractivity contribution in [1.29, 1.82) is 0 Å². The van der Waals surface area contributed by atoms with Crippen LogP contribution in [0, 0.1) is 12.3 Å². The highest BCUT2D eigenvalue weighted by atomic mass is 79.9. The topological polar surface area (TPSA) is 32.3 Å². The van der Waals surface area contributed by atoms with Crippen molar-refractivity contribution in [1.82, 2.24) is 10.2 Å². The van der Waals surface area contributed by atoms with Gasteiger partial charge in [-0.3, -0.25) is 4.79 Å². The van der Waals surface area contributed by atoms with Crippen molar-refractivity contribution in [2.24, 2.45) is 5.41 Å². The van der Waals surface area contributed by atoms with E-state index < -0.39 is 0 Å². The van der Waals surface area contributed by atoms with Crippen molar-refractivity contribution in [2.45, 2.75) is 26.7 Å². The van der Waals surface area contributed by atoms with Gasteiger partial charge >= 0.3 is 0 Å². The van der Waals surface area contributed by atoms with Crippen molar-refractivity contribution in [2.75, 3.05) is 26.7 Å². The highest BCUT2D eigenvalue weighted by molar-refractivity contribution is 9.10. The molecule has 0 bridgehead atoms. The zero-order chi connectivity index (χ0) is 14.8. The van der Waals surface area contributed by atoms with Crippen molar-refractivity contribution in [3.05, 3.63) is 33.8 Å². The average Bonchev–Trinajstić information content (AvgIpc) is 2.43. The van der Waals surface area contributed by atoms with Crippen LogP contribution in [0.4, 0.5) is 0 Å². The fourth-order valence-electron chi connectivity index (χ4n) is 2.46. The highest BCUT2D eigenvalue weighted by Gasteiger charge is 2.29. The smallest absolute Gasteiger partial charge is 0.251 e. The number of nitrogens with one attached hydrogen (secondary N) is 1. The minimum Gasteiger partial charge on any atom is -0.351 e. The molecular weight excluding hydrogens is 316 g/mol. The van der Waals surface area contributed by atoms with Gasteiger partial charge in [0.1, 0.15) is 0 Å². The van der Waals surface area contributed by atoms with E-state index in [1.54, 1.807) is 0 Å². The van der Waals surface area contributed by atoms with Crippen molar-refractivity contribution in [3.8, 4) is 0 Å². The van der Waals surface area contributed by atoms with Gasteiger partial charge in [0, 0.05) is 16.6 Å². The number of nitrogens with zero attached hydrogens (tertiary/aromatic N) is 1. The summed E-state index contributed by atoms with van der Waals surface area (Å²) in [5.41, 5.74) is 2.09. The number of benzene rings is 1. The molecule has 0 aliphatic carbocycles. The molecule has 1 amide bonds. The lowest BCUT2D eigenvalue weighted by Gasteiger charge is -2.37. The summed E-state index contributed by atoms with van der Waals surface area (Å²) in [4.78, 5) is 14.6. The number of hydrogen-bond donors (Lipinski definition) is 1. The first-order valence-electron chi connectivity index (χ1n) is 7.13. The summed E-state index contributed by atoms with van der Waals surface area (Å²) in [6.45, 7) is 7.27. The molecule has 0 saturated carbocycles. The van der Waals surface area contributed by atoms with Gasteiger partial charge in [0.25, 0.3) is 5.91 Å². The summed E-state index contributed by atoms with van der Waals surface area (Å²) >= 11 is 3.47. The summed E-state index contributed by atoms with van der Waals surface area (Å²) in [7, 11) is 2.15. The Balaban J connectivity index is 1.93. The second kappa shape index (κ2) is 6.27. The number of carbonyl (C=O) groups is 1. The van der Waals surface area contributed by atoms with Gasteiger partial charge in [0.15, 0.2) is 0 Å². The summed E-state index contributed by atoms with van der Waals surface area (Å²) in [6, 6.07) is 5.74. The number of aryl methyl sites for hydroxylation is 1. The SMILES string of the molecule is Cc1ccc(C(=O)NCC2(C)CCN(C)CC2)cc1Br. The molecule has 2 rings (SSSR count). The van der Waals surface area contributed by atoms with E-state index in [0.29, 0.717) is 0 Å². The Morgan fingerprint density at radius 2 is 2.05 bits per heavy atom. The predicted octanol–water partition coefficient (Wildman–Crippen LogP) is 3.22. The molecule has 0 unspecified atom stereocenters. The second-order valence-corrected chi connectivity index (χ2v) is 7.11. The molecule has 20 heavy (non-hydrogen) atoms. The minimum absolute atomic E-state index is 0.0193. The van der Waals surface area contributed by atoms with Crippen molar-refractivity contribution < 1.29 is 4.79 Å². The van der Waals surface area contributed by atoms with Crippen LogP contribution in [0.15, 0.2) is 22.7 Å². The molecule has 1 aromatic rings. The van der Waals surface area contributed by atoms with Gasteiger partial charge in [0.2, 0.25) is 0 Å². The number of amides is 1. The first kappa shape index (κ1) is 15.5. The van der Waals surface area contributed by atoms with E-state index in [-0.39, 0.29) is 11.3 Å². The monoisotopic (exact) mass is 338 g/mol. The van der Waals surface area contributed by atoms with Gasteiger partial charge in [-0.05, 0) is 63.0 Å². The Morgan fingerprint density at radius 3 is 2.65 bits per heavy atom. The van der Waals surface area contributed by atoms with Crippen molar-refractivity contribution in [3.63, 3.8) is 0 Å². The van der Waals surface area contributed by atoms with Gasteiger partial charge in [-0.2, -0.15) is 0 Å². The molecule has 1 aliphatic heterocycles. The van der Waals surface area contributed by atoms with E-state index in [2.05, 4.69) is 40.1 Å². The first-order chi connectivity index (χ1) is 9.39. The van der Waals surface area contributed by atoms with Crippen LogP contribution in [0.25, 0.3) is 0 Å². The predicted molar refractivity (Wildman–Crippen MR) is 86.1 cm³/mol. The molecule has 1 aliphatic rings. The van der Waals surface area contributed by atoms with E-state index in [0.717, 1.165) is 48.1 Å². The summed E-state index contributed by atoms with van der Waals surface area (Å²) in [5, 5.41) is 3.09. The third kappa shape index (κ3) is 3.83. The lowest BCUT2D eigenvalue weighted by atomic mass is 9.80. The number of rotatable bonds is 3. The summed E-state index contributed by atoms with van der Waals surface area (Å²) in [6.07, 6.45) is 2.28. The highest BCUT2D eigenvalue weighted by Crippen LogP contribution is 2.29. The summed E-state index contributed by atoms with van der Waals surface area (Å²) in [5.74, 6) is 0.0193. The number of piperidine rings is 1. The Morgan fingerprint density at radius 1 is 1.40 bits per heavy atom. The first-order valence-corrected chi connectivity index (χ1v) is 7.92. The fraction of sp³-hybridized carbons (Fsp3) is 0.562. The van der Waals surface area contributed by atoms with Gasteiger partial charge < -0.3 is 10.2 Å². The third-order valence-corrected chi connectivity index (χ3v) is 5.16. The molecule has 1 N–H and O–H groups in total. The molecule has 4 heteroatoms. The quantitative estimate of drug-likeness (QED) is 0.917. The second-order valence-electron chi connectivity index (χ2n) is 6.26. The molecule has 1 saturated heterocycles. The van der Waals surface area contributed by atoms with Crippen LogP contribution in [0.2, 0.25) is 0 Å². The molecule has 0 spiro atoms. The maximum absolute atomic E-state index is 12.2. The lowest BCUT2D eigenvalue weighted by Crippen LogP contribution is -2.43. The molecule has 110 valence electrons. The molecule has 0 aromatic heterocycles. The van der Waals surface area contributed by atoms with E-state index in [4.69, 9.17) is 0 Å². The zero-order valence-electron chi connectivity index (χ0n) is 12.5. The fourth-order valence-corrected chi connectivity index (χ4v) is 2.84. The average molecular weight is 339 g/mol. The Hall–Kier alpha value is -0.870. The third-order valence-electron chi connectivity index (χ3n) is 4.30. The number of hydrogen-bond acceptors (Lipinski definition) is 2. The van der Waals surface area contributed by atoms with E-state index in [1.165, 1.54) is 0 Å². The van der Waals surface area contributed by atoms with Gasteiger partial charge in [0.05, 0.1) is 0 Å². The molecule has 1 heterocycles. The van der Waals surface area contributed by atoms with Crippen LogP contribution < -0.4 is 5.32 Å². The normalized spacial score (nSPS) is 18.8. The van der Waals surface area contributed by atoms with Crippen LogP contribution in [0.1, 0.15) is 35.7 Å². The minimum atomic E-state index is 0.0193. The van der Waals surface area contributed by atoms with Gasteiger partial charge in [-0.25, -0.2) is 0 Å². The van der Waals surface area contributed by atoms with Crippen LogP contribution in [-0.2, 0) is 0 Å². The molecule has 0 radical (unpaired) electrons. The largest absolute Gasteiger partial charge is 0.351 e. The maximum Gasteiger partial charge on any atom is 0.251 e. The van der Waals surface area contributed by atoms with Crippen LogP contribution in [0.5, 0.6) is 0 Å². The Kier molecular flexibility index (Phi) is 4.86. The van der Waals surface area contributed by atoms with Crippen LogP contribution >= 0.6 is 15.9 Å². The molecule has 3 nitrogen and oxygen atoms in total. The van der Waals surface area contributed by atoms with Crippen molar-refractivity contribution >= 4 is 21.8 Å². The molecule has 1 fully saturated rings. The van der Waals surface area contributed by atoms with E-state index >= 15 is 0 Å². The molecule has 0 atom stereocenters. The van der Waals surface area contributed by atoms with Gasteiger partial charge in [-0.15, -0.1) is 0 Å². The Labute approximate surface area is 129 Å². The van der Waals surface area contributed by atoms with E-state index in [1.807, 2.05) is 25.1 Å². The Bertz CT molecular complexity index is 493. The number of likely N-dealkylation sites (tertiary alicyclic amines) is 1. The molecular formula is C16H23BrN2O. The zero-order valence-corrected chi connectivity index (χ0v) is 14.1. The number of carbonyl (C=O) groups excluding carboxylic acids is 1. The van der Waals surface area contributed by atoms with Gasteiger partial charge in [-0.1, -0.05) is 28.9 Å².